The van der Waals surface area contributed by atoms with E-state index in [1.54, 1.807) is 12.1 Å². The molecule has 1 saturated heterocycles. The van der Waals surface area contributed by atoms with Crippen LogP contribution in [0.1, 0.15) is 26.2 Å². The molecule has 1 aliphatic heterocycles. The van der Waals surface area contributed by atoms with E-state index < -0.39 is 0 Å². The van der Waals surface area contributed by atoms with E-state index in [4.69, 9.17) is 5.73 Å². The lowest BCUT2D eigenvalue weighted by atomic mass is 9.79. The van der Waals surface area contributed by atoms with Crippen LogP contribution in [0.5, 0.6) is 0 Å². The van der Waals surface area contributed by atoms with Crippen LogP contribution in [0.3, 0.4) is 0 Å². The number of nitrogens with two attached hydrogens (primary N) is 1. The van der Waals surface area contributed by atoms with Crippen molar-refractivity contribution in [2.24, 2.45) is 17.6 Å². The number of anilines is 1. The van der Waals surface area contributed by atoms with Gasteiger partial charge in [0.2, 0.25) is 0 Å². The van der Waals surface area contributed by atoms with E-state index in [0.29, 0.717) is 12.0 Å². The summed E-state index contributed by atoms with van der Waals surface area (Å²) in [6.07, 6.45) is 3.70. The molecule has 0 amide bonds. The van der Waals surface area contributed by atoms with E-state index >= 15 is 0 Å². The van der Waals surface area contributed by atoms with Crippen molar-refractivity contribution in [3.05, 3.63) is 30.1 Å². The predicted molar refractivity (Wildman–Crippen MR) is 89.5 cm³/mol. The van der Waals surface area contributed by atoms with Crippen LogP contribution in [0.4, 0.5) is 10.1 Å². The third kappa shape index (κ3) is 3.61. The Morgan fingerprint density at radius 1 is 1.14 bits per heavy atom. The summed E-state index contributed by atoms with van der Waals surface area (Å²) in [5, 5.41) is 0. The molecule has 2 fully saturated rings. The van der Waals surface area contributed by atoms with E-state index in [-0.39, 0.29) is 5.82 Å². The number of halogens is 1. The largest absolute Gasteiger partial charge is 0.367 e. The van der Waals surface area contributed by atoms with Crippen molar-refractivity contribution in [2.45, 2.75) is 32.2 Å². The van der Waals surface area contributed by atoms with Gasteiger partial charge >= 0.3 is 0 Å². The fourth-order valence-corrected chi connectivity index (χ4v) is 3.94. The average Bonchev–Trinajstić information content (AvgIpc) is 2.52. The molecule has 3 unspecified atom stereocenters. The Balaban J connectivity index is 1.52. The molecule has 0 bridgehead atoms. The number of hydrogen-bond acceptors (Lipinski definition) is 3. The topological polar surface area (TPSA) is 32.5 Å². The zero-order valence-electron chi connectivity index (χ0n) is 13.5. The summed E-state index contributed by atoms with van der Waals surface area (Å²) in [4.78, 5) is 4.68. The number of hydrogen-bond donors (Lipinski definition) is 1. The summed E-state index contributed by atoms with van der Waals surface area (Å²) < 4.78 is 13.9. The quantitative estimate of drug-likeness (QED) is 0.932. The van der Waals surface area contributed by atoms with Crippen LogP contribution < -0.4 is 10.6 Å². The standard InChI is InChI=1S/C18H28FN3/c1-14-6-7-17(20)15(12-14)13-21-8-10-22(11-9-21)18-5-3-2-4-16(18)19/h2-5,14-15,17H,6-13,20H2,1H3. The van der Waals surface area contributed by atoms with Gasteiger partial charge < -0.3 is 10.6 Å². The van der Waals surface area contributed by atoms with Crippen molar-refractivity contribution >= 4 is 5.69 Å². The van der Waals surface area contributed by atoms with Gasteiger partial charge in [0.1, 0.15) is 5.82 Å². The van der Waals surface area contributed by atoms with Crippen LogP contribution in [-0.2, 0) is 0 Å². The number of para-hydroxylation sites is 1. The molecule has 22 heavy (non-hydrogen) atoms. The molecule has 1 aromatic carbocycles. The van der Waals surface area contributed by atoms with Crippen molar-refractivity contribution in [1.29, 1.82) is 0 Å². The molecule has 0 aromatic heterocycles. The molecule has 1 aliphatic carbocycles. The summed E-state index contributed by atoms with van der Waals surface area (Å²) in [5.41, 5.74) is 7.05. The monoisotopic (exact) mass is 305 g/mol. The molecule has 3 nitrogen and oxygen atoms in total. The minimum Gasteiger partial charge on any atom is -0.367 e. The van der Waals surface area contributed by atoms with E-state index in [1.165, 1.54) is 19.3 Å². The maximum absolute atomic E-state index is 13.9. The van der Waals surface area contributed by atoms with Gasteiger partial charge in [-0.05, 0) is 43.2 Å². The molecule has 0 spiro atoms. The molecule has 1 saturated carbocycles. The van der Waals surface area contributed by atoms with Crippen LogP contribution in [0.25, 0.3) is 0 Å². The maximum atomic E-state index is 13.9. The molecule has 2 N–H and O–H groups in total. The highest BCUT2D eigenvalue weighted by molar-refractivity contribution is 5.47. The normalized spacial score (nSPS) is 30.5. The molecule has 1 heterocycles. The minimum absolute atomic E-state index is 0.112. The van der Waals surface area contributed by atoms with Gasteiger partial charge in [0.15, 0.2) is 0 Å². The van der Waals surface area contributed by atoms with Gasteiger partial charge in [-0.15, -0.1) is 0 Å². The van der Waals surface area contributed by atoms with Crippen molar-refractivity contribution in [2.75, 3.05) is 37.6 Å². The van der Waals surface area contributed by atoms with Crippen molar-refractivity contribution in [3.8, 4) is 0 Å². The Hall–Kier alpha value is -1.13. The molecular formula is C18H28FN3. The highest BCUT2D eigenvalue weighted by Crippen LogP contribution is 2.29. The van der Waals surface area contributed by atoms with Crippen molar-refractivity contribution in [3.63, 3.8) is 0 Å². The van der Waals surface area contributed by atoms with E-state index in [1.807, 2.05) is 12.1 Å². The number of rotatable bonds is 3. The second-order valence-corrected chi connectivity index (χ2v) is 7.08. The van der Waals surface area contributed by atoms with Gasteiger partial charge in [-0.3, -0.25) is 4.90 Å². The van der Waals surface area contributed by atoms with Gasteiger partial charge in [0.05, 0.1) is 5.69 Å². The Bertz CT molecular complexity index is 485. The van der Waals surface area contributed by atoms with Crippen LogP contribution in [0, 0.1) is 17.7 Å². The molecule has 122 valence electrons. The summed E-state index contributed by atoms with van der Waals surface area (Å²) in [7, 11) is 0. The van der Waals surface area contributed by atoms with E-state index in [9.17, 15) is 4.39 Å². The number of benzene rings is 1. The number of nitrogens with zero attached hydrogens (tertiary/aromatic N) is 2. The Morgan fingerprint density at radius 3 is 2.59 bits per heavy atom. The smallest absolute Gasteiger partial charge is 0.146 e. The Morgan fingerprint density at radius 2 is 1.86 bits per heavy atom. The SMILES string of the molecule is CC1CCC(N)C(CN2CCN(c3ccccc3F)CC2)C1. The lowest BCUT2D eigenvalue weighted by molar-refractivity contribution is 0.155. The first-order valence-electron chi connectivity index (χ1n) is 8.61. The molecule has 2 aliphatic rings. The summed E-state index contributed by atoms with van der Waals surface area (Å²) in [6.45, 7) is 7.26. The van der Waals surface area contributed by atoms with E-state index in [0.717, 1.165) is 44.3 Å². The predicted octanol–water partition coefficient (Wildman–Crippen LogP) is 2.71. The summed E-state index contributed by atoms with van der Waals surface area (Å²) in [5.74, 6) is 1.33. The molecule has 0 radical (unpaired) electrons. The first-order chi connectivity index (χ1) is 10.6. The molecule has 1 aromatic rings. The summed E-state index contributed by atoms with van der Waals surface area (Å²) in [6, 6.07) is 7.45. The van der Waals surface area contributed by atoms with Crippen LogP contribution >= 0.6 is 0 Å². The maximum Gasteiger partial charge on any atom is 0.146 e. The first kappa shape index (κ1) is 15.8. The van der Waals surface area contributed by atoms with Crippen LogP contribution in [-0.4, -0.2) is 43.7 Å². The van der Waals surface area contributed by atoms with Gasteiger partial charge in [-0.1, -0.05) is 19.1 Å². The van der Waals surface area contributed by atoms with Crippen molar-refractivity contribution < 1.29 is 4.39 Å². The van der Waals surface area contributed by atoms with Gasteiger partial charge in [0, 0.05) is 38.8 Å². The minimum atomic E-state index is -0.112. The number of piperazine rings is 1. The fourth-order valence-electron chi connectivity index (χ4n) is 3.94. The lowest BCUT2D eigenvalue weighted by Crippen LogP contribution is -2.50. The summed E-state index contributed by atoms with van der Waals surface area (Å²) >= 11 is 0. The van der Waals surface area contributed by atoms with Crippen LogP contribution in [0.2, 0.25) is 0 Å². The van der Waals surface area contributed by atoms with E-state index in [2.05, 4.69) is 16.7 Å². The lowest BCUT2D eigenvalue weighted by Gasteiger charge is -2.40. The second kappa shape index (κ2) is 6.97. The highest BCUT2D eigenvalue weighted by Gasteiger charge is 2.29. The Kier molecular flexibility index (Phi) is 4.99. The van der Waals surface area contributed by atoms with Gasteiger partial charge in [-0.25, -0.2) is 4.39 Å². The zero-order chi connectivity index (χ0) is 15.5. The molecular weight excluding hydrogens is 277 g/mol. The average molecular weight is 305 g/mol. The molecule has 3 atom stereocenters. The highest BCUT2D eigenvalue weighted by atomic mass is 19.1. The van der Waals surface area contributed by atoms with Crippen molar-refractivity contribution in [1.82, 2.24) is 4.90 Å². The fraction of sp³-hybridized carbons (Fsp3) is 0.667. The third-order valence-electron chi connectivity index (χ3n) is 5.36. The van der Waals surface area contributed by atoms with Gasteiger partial charge in [0.25, 0.3) is 0 Å². The molecule has 3 rings (SSSR count). The zero-order valence-corrected chi connectivity index (χ0v) is 13.5. The van der Waals surface area contributed by atoms with Crippen LogP contribution in [0.15, 0.2) is 24.3 Å². The molecule has 4 heteroatoms. The Labute approximate surface area is 133 Å². The van der Waals surface area contributed by atoms with Gasteiger partial charge in [-0.2, -0.15) is 0 Å². The first-order valence-corrected chi connectivity index (χ1v) is 8.61. The second-order valence-electron chi connectivity index (χ2n) is 7.08. The third-order valence-corrected chi connectivity index (χ3v) is 5.36.